The molecule has 2 rings (SSSR count). The summed E-state index contributed by atoms with van der Waals surface area (Å²) in [5.74, 6) is 0.0846. The SMILES string of the molecule is Cc1cc(C)n(CCCC(=O)NCCn2nccc2C)n1. The zero-order valence-corrected chi connectivity index (χ0v) is 13.0. The van der Waals surface area contributed by atoms with E-state index in [-0.39, 0.29) is 5.91 Å². The molecule has 114 valence electrons. The molecule has 0 aliphatic heterocycles. The highest BCUT2D eigenvalue weighted by molar-refractivity contribution is 5.75. The van der Waals surface area contributed by atoms with Crippen LogP contribution in [0.25, 0.3) is 0 Å². The number of carbonyl (C=O) groups is 1. The minimum absolute atomic E-state index is 0.0846. The van der Waals surface area contributed by atoms with Crippen LogP contribution in [0.15, 0.2) is 18.3 Å². The molecule has 2 aromatic heterocycles. The summed E-state index contributed by atoms with van der Waals surface area (Å²) in [5, 5.41) is 11.5. The van der Waals surface area contributed by atoms with E-state index in [0.717, 1.165) is 30.0 Å². The maximum atomic E-state index is 11.8. The Hall–Kier alpha value is -2.11. The second kappa shape index (κ2) is 7.06. The van der Waals surface area contributed by atoms with E-state index in [0.29, 0.717) is 19.5 Å². The van der Waals surface area contributed by atoms with Gasteiger partial charge in [-0.3, -0.25) is 14.2 Å². The van der Waals surface area contributed by atoms with Crippen molar-refractivity contribution in [1.82, 2.24) is 24.9 Å². The van der Waals surface area contributed by atoms with Crippen LogP contribution in [-0.4, -0.2) is 32.0 Å². The van der Waals surface area contributed by atoms with Crippen molar-refractivity contribution in [3.05, 3.63) is 35.4 Å². The number of carbonyl (C=O) groups excluding carboxylic acids is 1. The Kier molecular flexibility index (Phi) is 5.14. The molecule has 6 heteroatoms. The molecular formula is C15H23N5O. The minimum Gasteiger partial charge on any atom is -0.354 e. The molecule has 0 fully saturated rings. The van der Waals surface area contributed by atoms with Crippen LogP contribution in [0.3, 0.4) is 0 Å². The van der Waals surface area contributed by atoms with E-state index in [1.54, 1.807) is 6.20 Å². The van der Waals surface area contributed by atoms with Crippen molar-refractivity contribution in [2.75, 3.05) is 6.54 Å². The molecule has 0 aromatic carbocycles. The van der Waals surface area contributed by atoms with Gasteiger partial charge in [-0.15, -0.1) is 0 Å². The Morgan fingerprint density at radius 3 is 2.62 bits per heavy atom. The van der Waals surface area contributed by atoms with E-state index in [9.17, 15) is 4.79 Å². The molecule has 21 heavy (non-hydrogen) atoms. The number of amides is 1. The van der Waals surface area contributed by atoms with Gasteiger partial charge in [0.05, 0.1) is 12.2 Å². The van der Waals surface area contributed by atoms with Crippen LogP contribution in [-0.2, 0) is 17.9 Å². The van der Waals surface area contributed by atoms with Crippen molar-refractivity contribution in [2.24, 2.45) is 0 Å². The number of nitrogens with zero attached hydrogens (tertiary/aromatic N) is 4. The lowest BCUT2D eigenvalue weighted by Gasteiger charge is -2.07. The van der Waals surface area contributed by atoms with Crippen LogP contribution in [0.1, 0.15) is 29.9 Å². The third kappa shape index (κ3) is 4.44. The molecule has 0 saturated heterocycles. The largest absolute Gasteiger partial charge is 0.354 e. The lowest BCUT2D eigenvalue weighted by atomic mass is 10.3. The summed E-state index contributed by atoms with van der Waals surface area (Å²) in [7, 11) is 0. The number of hydrogen-bond donors (Lipinski definition) is 1. The Balaban J connectivity index is 1.64. The van der Waals surface area contributed by atoms with Crippen LogP contribution >= 0.6 is 0 Å². The summed E-state index contributed by atoms with van der Waals surface area (Å²) in [6, 6.07) is 4.00. The third-order valence-corrected chi connectivity index (χ3v) is 3.45. The number of rotatable bonds is 7. The minimum atomic E-state index is 0.0846. The molecule has 0 unspecified atom stereocenters. The molecule has 6 nitrogen and oxygen atoms in total. The highest BCUT2D eigenvalue weighted by Gasteiger charge is 2.04. The van der Waals surface area contributed by atoms with Crippen molar-refractivity contribution in [1.29, 1.82) is 0 Å². The fourth-order valence-corrected chi connectivity index (χ4v) is 2.31. The molecular weight excluding hydrogens is 266 g/mol. The molecule has 0 aliphatic carbocycles. The zero-order valence-electron chi connectivity index (χ0n) is 13.0. The normalized spacial score (nSPS) is 10.8. The van der Waals surface area contributed by atoms with Gasteiger partial charge in [-0.2, -0.15) is 10.2 Å². The highest BCUT2D eigenvalue weighted by Crippen LogP contribution is 2.03. The highest BCUT2D eigenvalue weighted by atomic mass is 16.1. The molecule has 0 spiro atoms. The quantitative estimate of drug-likeness (QED) is 0.842. The van der Waals surface area contributed by atoms with Crippen LogP contribution in [0.4, 0.5) is 0 Å². The number of hydrogen-bond acceptors (Lipinski definition) is 3. The molecule has 1 amide bonds. The fraction of sp³-hybridized carbons (Fsp3) is 0.533. The number of nitrogens with one attached hydrogen (secondary N) is 1. The lowest BCUT2D eigenvalue weighted by molar-refractivity contribution is -0.121. The predicted octanol–water partition coefficient (Wildman–Crippen LogP) is 1.60. The van der Waals surface area contributed by atoms with Gasteiger partial charge in [0.25, 0.3) is 0 Å². The maximum Gasteiger partial charge on any atom is 0.220 e. The smallest absolute Gasteiger partial charge is 0.220 e. The first-order valence-corrected chi connectivity index (χ1v) is 7.32. The Morgan fingerprint density at radius 2 is 2.00 bits per heavy atom. The topological polar surface area (TPSA) is 64.7 Å². The summed E-state index contributed by atoms with van der Waals surface area (Å²) in [4.78, 5) is 11.8. The zero-order chi connectivity index (χ0) is 15.2. The first-order chi connectivity index (χ1) is 10.1. The van der Waals surface area contributed by atoms with Gasteiger partial charge in [0, 0.05) is 37.1 Å². The van der Waals surface area contributed by atoms with Gasteiger partial charge >= 0.3 is 0 Å². The standard InChI is InChI=1S/C15H23N5O/c1-12-11-14(3)20(18-12)9-4-5-15(21)16-8-10-19-13(2)6-7-17-19/h6-7,11H,4-5,8-10H2,1-3H3,(H,16,21). The summed E-state index contributed by atoms with van der Waals surface area (Å²) >= 11 is 0. The summed E-state index contributed by atoms with van der Waals surface area (Å²) < 4.78 is 3.84. The van der Waals surface area contributed by atoms with E-state index in [1.165, 1.54) is 0 Å². The third-order valence-electron chi connectivity index (χ3n) is 3.45. The Labute approximate surface area is 125 Å². The van der Waals surface area contributed by atoms with E-state index in [2.05, 4.69) is 15.5 Å². The fourth-order valence-electron chi connectivity index (χ4n) is 2.31. The van der Waals surface area contributed by atoms with Gasteiger partial charge in [0.15, 0.2) is 0 Å². The first kappa shape index (κ1) is 15.3. The van der Waals surface area contributed by atoms with Crippen LogP contribution < -0.4 is 5.32 Å². The molecule has 2 aromatic rings. The molecule has 0 radical (unpaired) electrons. The van der Waals surface area contributed by atoms with Crippen LogP contribution in [0, 0.1) is 20.8 Å². The predicted molar refractivity (Wildman–Crippen MR) is 80.9 cm³/mol. The van der Waals surface area contributed by atoms with Crippen molar-refractivity contribution < 1.29 is 4.79 Å². The molecule has 0 saturated carbocycles. The summed E-state index contributed by atoms with van der Waals surface area (Å²) in [5.41, 5.74) is 3.27. The second-order valence-corrected chi connectivity index (χ2v) is 5.30. The van der Waals surface area contributed by atoms with Gasteiger partial charge in [-0.25, -0.2) is 0 Å². The molecule has 0 atom stereocenters. The maximum absolute atomic E-state index is 11.8. The van der Waals surface area contributed by atoms with Gasteiger partial charge in [0.2, 0.25) is 5.91 Å². The molecule has 2 heterocycles. The van der Waals surface area contributed by atoms with E-state index < -0.39 is 0 Å². The molecule has 0 bridgehead atoms. The summed E-state index contributed by atoms with van der Waals surface area (Å²) in [6.07, 6.45) is 3.09. The van der Waals surface area contributed by atoms with Crippen molar-refractivity contribution >= 4 is 5.91 Å². The van der Waals surface area contributed by atoms with Gasteiger partial charge < -0.3 is 5.32 Å². The van der Waals surface area contributed by atoms with Crippen molar-refractivity contribution in [3.8, 4) is 0 Å². The van der Waals surface area contributed by atoms with E-state index >= 15 is 0 Å². The molecule has 1 N–H and O–H groups in total. The molecule has 0 aliphatic rings. The van der Waals surface area contributed by atoms with Crippen LogP contribution in [0.2, 0.25) is 0 Å². The monoisotopic (exact) mass is 289 g/mol. The number of aryl methyl sites for hydroxylation is 4. The van der Waals surface area contributed by atoms with Gasteiger partial charge in [0.1, 0.15) is 0 Å². The van der Waals surface area contributed by atoms with E-state index in [4.69, 9.17) is 0 Å². The Bertz CT molecular complexity index is 599. The van der Waals surface area contributed by atoms with Crippen molar-refractivity contribution in [3.63, 3.8) is 0 Å². The van der Waals surface area contributed by atoms with Crippen LogP contribution in [0.5, 0.6) is 0 Å². The number of aromatic nitrogens is 4. The average Bonchev–Trinajstić information content (AvgIpc) is 2.96. The van der Waals surface area contributed by atoms with Gasteiger partial charge in [-0.05, 0) is 39.3 Å². The second-order valence-electron chi connectivity index (χ2n) is 5.30. The summed E-state index contributed by atoms with van der Waals surface area (Å²) in [6.45, 7) is 8.12. The van der Waals surface area contributed by atoms with E-state index in [1.807, 2.05) is 42.3 Å². The first-order valence-electron chi connectivity index (χ1n) is 7.32. The van der Waals surface area contributed by atoms with Crippen molar-refractivity contribution in [2.45, 2.75) is 46.7 Å². The lowest BCUT2D eigenvalue weighted by Crippen LogP contribution is -2.27. The Morgan fingerprint density at radius 1 is 1.19 bits per heavy atom. The average molecular weight is 289 g/mol. The van der Waals surface area contributed by atoms with Gasteiger partial charge in [-0.1, -0.05) is 0 Å².